The van der Waals surface area contributed by atoms with E-state index in [0.29, 0.717) is 25.2 Å². The molecule has 2 N–H and O–H groups in total. The van der Waals surface area contributed by atoms with Crippen LogP contribution < -0.4 is 5.73 Å². The molecule has 1 aromatic carbocycles. The van der Waals surface area contributed by atoms with E-state index in [0.717, 1.165) is 6.07 Å². The number of rotatable bonds is 3. The van der Waals surface area contributed by atoms with E-state index in [4.69, 9.17) is 10.5 Å². The van der Waals surface area contributed by atoms with Crippen molar-refractivity contribution in [3.05, 3.63) is 23.0 Å². The van der Waals surface area contributed by atoms with E-state index >= 15 is 0 Å². The van der Waals surface area contributed by atoms with Gasteiger partial charge in [0.1, 0.15) is 5.82 Å². The van der Waals surface area contributed by atoms with E-state index in [9.17, 15) is 12.8 Å². The highest BCUT2D eigenvalue weighted by Crippen LogP contribution is 2.31. The van der Waals surface area contributed by atoms with Crippen molar-refractivity contribution < 1.29 is 17.5 Å². The van der Waals surface area contributed by atoms with Crippen molar-refractivity contribution in [2.24, 2.45) is 0 Å². The summed E-state index contributed by atoms with van der Waals surface area (Å²) in [4.78, 5) is 0.0887. The summed E-state index contributed by atoms with van der Waals surface area (Å²) in [7, 11) is -2.20. The predicted molar refractivity (Wildman–Crippen MR) is 74.5 cm³/mol. The van der Waals surface area contributed by atoms with Gasteiger partial charge in [0.15, 0.2) is 0 Å². The van der Waals surface area contributed by atoms with Gasteiger partial charge in [-0.3, -0.25) is 0 Å². The topological polar surface area (TPSA) is 72.6 Å². The zero-order valence-electron chi connectivity index (χ0n) is 11.8. The third-order valence-electron chi connectivity index (χ3n) is 3.76. The number of hydrogen-bond donors (Lipinski definition) is 1. The standard InChI is InChI=1S/C13H19FN2O3S/c1-8-6-11(14)12(15)9(2)13(8)20(17,18)16(3)10-4-5-19-7-10/h6,10H,4-5,7,15H2,1-3H3. The first kappa shape index (κ1) is 15.2. The summed E-state index contributed by atoms with van der Waals surface area (Å²) < 4.78 is 45.5. The largest absolute Gasteiger partial charge is 0.396 e. The maximum absolute atomic E-state index is 13.6. The summed E-state index contributed by atoms with van der Waals surface area (Å²) in [6, 6.07) is 0.971. The number of sulfonamides is 1. The van der Waals surface area contributed by atoms with Crippen LogP contribution in [0.4, 0.5) is 10.1 Å². The van der Waals surface area contributed by atoms with Gasteiger partial charge in [-0.2, -0.15) is 4.31 Å². The minimum atomic E-state index is -3.72. The van der Waals surface area contributed by atoms with Crippen LogP contribution in [0.5, 0.6) is 0 Å². The molecule has 5 nitrogen and oxygen atoms in total. The maximum Gasteiger partial charge on any atom is 0.243 e. The second-order valence-electron chi connectivity index (χ2n) is 5.08. The zero-order chi connectivity index (χ0) is 15.1. The average Bonchev–Trinajstić information content (AvgIpc) is 2.88. The summed E-state index contributed by atoms with van der Waals surface area (Å²) in [5.41, 5.74) is 6.12. The van der Waals surface area contributed by atoms with Crippen molar-refractivity contribution in [1.82, 2.24) is 4.31 Å². The van der Waals surface area contributed by atoms with Gasteiger partial charge in [0, 0.05) is 13.7 Å². The Labute approximate surface area is 118 Å². The smallest absolute Gasteiger partial charge is 0.243 e. The fourth-order valence-electron chi connectivity index (χ4n) is 2.48. The third-order valence-corrected chi connectivity index (χ3v) is 5.96. The lowest BCUT2D eigenvalue weighted by atomic mass is 10.1. The number of nitrogens with zero attached hydrogens (tertiary/aromatic N) is 1. The molecule has 1 atom stereocenters. The Morgan fingerprint density at radius 2 is 2.10 bits per heavy atom. The summed E-state index contributed by atoms with van der Waals surface area (Å²) in [5.74, 6) is -0.592. The molecule has 20 heavy (non-hydrogen) atoms. The van der Waals surface area contributed by atoms with E-state index in [1.807, 2.05) is 0 Å². The molecule has 0 amide bonds. The molecule has 1 unspecified atom stereocenters. The lowest BCUT2D eigenvalue weighted by Crippen LogP contribution is -2.38. The van der Waals surface area contributed by atoms with Gasteiger partial charge in [0.05, 0.1) is 23.2 Å². The molecule has 0 aliphatic carbocycles. The highest BCUT2D eigenvalue weighted by molar-refractivity contribution is 7.89. The second-order valence-corrected chi connectivity index (χ2v) is 7.02. The minimum Gasteiger partial charge on any atom is -0.396 e. The van der Waals surface area contributed by atoms with Crippen LogP contribution >= 0.6 is 0 Å². The summed E-state index contributed by atoms with van der Waals surface area (Å²) in [5, 5.41) is 0. The number of aryl methyl sites for hydroxylation is 1. The van der Waals surface area contributed by atoms with Crippen LogP contribution in [0.3, 0.4) is 0 Å². The van der Waals surface area contributed by atoms with Crippen LogP contribution in [0, 0.1) is 19.7 Å². The maximum atomic E-state index is 13.6. The van der Waals surface area contributed by atoms with Crippen LogP contribution in [0.1, 0.15) is 17.5 Å². The van der Waals surface area contributed by atoms with Crippen LogP contribution in [0.25, 0.3) is 0 Å². The Hall–Kier alpha value is -1.18. The molecular formula is C13H19FN2O3S. The Morgan fingerprint density at radius 3 is 2.65 bits per heavy atom. The Morgan fingerprint density at radius 1 is 1.45 bits per heavy atom. The summed E-state index contributed by atoms with van der Waals surface area (Å²) in [6.07, 6.45) is 0.657. The molecule has 1 aliphatic rings. The van der Waals surface area contributed by atoms with Gasteiger partial charge in [-0.25, -0.2) is 12.8 Å². The van der Waals surface area contributed by atoms with E-state index in [1.54, 1.807) is 6.92 Å². The monoisotopic (exact) mass is 302 g/mol. The molecule has 0 aromatic heterocycles. The van der Waals surface area contributed by atoms with Crippen molar-refractivity contribution in [3.8, 4) is 0 Å². The van der Waals surface area contributed by atoms with E-state index in [1.165, 1.54) is 18.3 Å². The number of halogens is 1. The van der Waals surface area contributed by atoms with E-state index in [2.05, 4.69) is 0 Å². The van der Waals surface area contributed by atoms with Gasteiger partial charge in [0.2, 0.25) is 10.0 Å². The van der Waals surface area contributed by atoms with Crippen molar-refractivity contribution in [3.63, 3.8) is 0 Å². The Kier molecular flexibility index (Phi) is 4.04. The average molecular weight is 302 g/mol. The molecule has 1 heterocycles. The fraction of sp³-hybridized carbons (Fsp3) is 0.538. The highest BCUT2D eigenvalue weighted by atomic mass is 32.2. The molecule has 1 fully saturated rings. The predicted octanol–water partition coefficient (Wildman–Crippen LogP) is 1.43. The molecule has 0 radical (unpaired) electrons. The van der Waals surface area contributed by atoms with Gasteiger partial charge in [-0.15, -0.1) is 0 Å². The molecule has 0 spiro atoms. The molecule has 1 aromatic rings. The summed E-state index contributed by atoms with van der Waals surface area (Å²) >= 11 is 0. The minimum absolute atomic E-state index is 0.0887. The molecule has 0 bridgehead atoms. The molecule has 0 saturated carbocycles. The van der Waals surface area contributed by atoms with Gasteiger partial charge in [0.25, 0.3) is 0 Å². The highest BCUT2D eigenvalue weighted by Gasteiger charge is 2.33. The van der Waals surface area contributed by atoms with E-state index in [-0.39, 0.29) is 22.2 Å². The van der Waals surface area contributed by atoms with Crippen molar-refractivity contribution >= 4 is 15.7 Å². The first-order valence-electron chi connectivity index (χ1n) is 6.37. The van der Waals surface area contributed by atoms with Crippen LogP contribution in [-0.4, -0.2) is 39.0 Å². The Balaban J connectivity index is 2.52. The second kappa shape index (κ2) is 5.31. The number of nitrogens with two attached hydrogens (primary N) is 1. The van der Waals surface area contributed by atoms with Gasteiger partial charge in [-0.05, 0) is 37.5 Å². The van der Waals surface area contributed by atoms with Gasteiger partial charge >= 0.3 is 0 Å². The number of ether oxygens (including phenoxy) is 1. The molecule has 112 valence electrons. The number of benzene rings is 1. The van der Waals surface area contributed by atoms with Gasteiger partial charge in [-0.1, -0.05) is 0 Å². The number of hydrogen-bond acceptors (Lipinski definition) is 4. The quantitative estimate of drug-likeness (QED) is 0.857. The van der Waals surface area contributed by atoms with E-state index < -0.39 is 15.8 Å². The van der Waals surface area contributed by atoms with Crippen molar-refractivity contribution in [2.45, 2.75) is 31.2 Å². The first-order chi connectivity index (χ1) is 9.26. The first-order valence-corrected chi connectivity index (χ1v) is 7.81. The van der Waals surface area contributed by atoms with Gasteiger partial charge < -0.3 is 10.5 Å². The number of nitrogen functional groups attached to an aromatic ring is 1. The molecular weight excluding hydrogens is 283 g/mol. The normalized spacial score (nSPS) is 19.8. The lowest BCUT2D eigenvalue weighted by molar-refractivity contribution is 0.181. The molecule has 1 aliphatic heterocycles. The number of anilines is 1. The number of likely N-dealkylation sites (N-methyl/N-ethyl adjacent to an activating group) is 1. The molecule has 1 saturated heterocycles. The van der Waals surface area contributed by atoms with Crippen molar-refractivity contribution in [2.75, 3.05) is 26.0 Å². The Bertz CT molecular complexity index is 625. The summed E-state index contributed by atoms with van der Waals surface area (Å²) in [6.45, 7) is 4.03. The zero-order valence-corrected chi connectivity index (χ0v) is 12.6. The fourth-order valence-corrected chi connectivity index (χ4v) is 4.29. The molecule has 7 heteroatoms. The third kappa shape index (κ3) is 2.41. The van der Waals surface area contributed by atoms with Crippen LogP contribution in [0.2, 0.25) is 0 Å². The molecule has 2 rings (SSSR count). The van der Waals surface area contributed by atoms with Crippen LogP contribution in [-0.2, 0) is 14.8 Å². The SMILES string of the molecule is Cc1cc(F)c(N)c(C)c1S(=O)(=O)N(C)C1CCOC1. The van der Waals surface area contributed by atoms with Crippen LogP contribution in [0.15, 0.2) is 11.0 Å². The van der Waals surface area contributed by atoms with Crippen molar-refractivity contribution in [1.29, 1.82) is 0 Å². The lowest BCUT2D eigenvalue weighted by Gasteiger charge is -2.25.